The average Bonchev–Trinajstić information content (AvgIpc) is 3.07. The van der Waals surface area contributed by atoms with Gasteiger partial charge in [-0.3, -0.25) is 9.59 Å². The van der Waals surface area contributed by atoms with Crippen LogP contribution in [0.25, 0.3) is 0 Å². The van der Waals surface area contributed by atoms with Gasteiger partial charge in [-0.2, -0.15) is 0 Å². The van der Waals surface area contributed by atoms with Gasteiger partial charge in [0.05, 0.1) is 12.2 Å². The Bertz CT molecular complexity index is 718. The molecule has 164 valence electrons. The number of ether oxygens (including phenoxy) is 1. The molecule has 0 radical (unpaired) electrons. The van der Waals surface area contributed by atoms with E-state index in [0.717, 1.165) is 32.1 Å². The molecule has 30 heavy (non-hydrogen) atoms. The van der Waals surface area contributed by atoms with Gasteiger partial charge in [0.15, 0.2) is 0 Å². The highest BCUT2D eigenvalue weighted by Gasteiger charge is 2.26. The molecule has 0 spiro atoms. The van der Waals surface area contributed by atoms with Gasteiger partial charge in [0.25, 0.3) is 0 Å². The van der Waals surface area contributed by atoms with Gasteiger partial charge in [-0.1, -0.05) is 54.1 Å². The van der Waals surface area contributed by atoms with Crippen molar-refractivity contribution in [1.29, 1.82) is 0 Å². The molecule has 1 N–H and O–H groups in total. The van der Waals surface area contributed by atoms with E-state index in [9.17, 15) is 14.7 Å². The van der Waals surface area contributed by atoms with Crippen LogP contribution in [0.2, 0.25) is 0 Å². The summed E-state index contributed by atoms with van der Waals surface area (Å²) >= 11 is 0. The highest BCUT2D eigenvalue weighted by Crippen LogP contribution is 2.30. The van der Waals surface area contributed by atoms with Crippen molar-refractivity contribution < 1.29 is 19.4 Å². The van der Waals surface area contributed by atoms with Crippen LogP contribution >= 0.6 is 0 Å². The fraction of sp³-hybridized carbons (Fsp3) is 0.538. The summed E-state index contributed by atoms with van der Waals surface area (Å²) in [5.74, 6) is 0.0721. The first kappa shape index (κ1) is 24.1. The van der Waals surface area contributed by atoms with E-state index in [4.69, 9.17) is 4.74 Å². The van der Waals surface area contributed by atoms with Gasteiger partial charge in [-0.05, 0) is 64.4 Å². The molecule has 2 rings (SSSR count). The number of ketones is 1. The Morgan fingerprint density at radius 1 is 1.17 bits per heavy atom. The topological polar surface area (TPSA) is 63.6 Å². The van der Waals surface area contributed by atoms with Crippen molar-refractivity contribution >= 4 is 11.8 Å². The Kier molecular flexibility index (Phi) is 10.6. The largest absolute Gasteiger partial charge is 0.463 e. The van der Waals surface area contributed by atoms with Crippen molar-refractivity contribution in [3.05, 3.63) is 59.7 Å². The Morgan fingerprint density at radius 2 is 1.90 bits per heavy atom. The first-order chi connectivity index (χ1) is 14.5. The number of hydrogen-bond donors (Lipinski definition) is 1. The molecule has 1 aromatic rings. The lowest BCUT2D eigenvalue weighted by Crippen LogP contribution is -2.13. The summed E-state index contributed by atoms with van der Waals surface area (Å²) in [6.45, 7) is 3.70. The molecular weight excluding hydrogens is 376 g/mol. The summed E-state index contributed by atoms with van der Waals surface area (Å²) in [6, 6.07) is 10.2. The molecule has 0 amide bonds. The normalized spacial score (nSPS) is 17.5. The quantitative estimate of drug-likeness (QED) is 0.270. The van der Waals surface area contributed by atoms with Crippen LogP contribution in [0.1, 0.15) is 70.8 Å². The van der Waals surface area contributed by atoms with Gasteiger partial charge in [0, 0.05) is 18.8 Å². The van der Waals surface area contributed by atoms with Crippen molar-refractivity contribution in [3.8, 4) is 0 Å². The molecular formula is C26H36O4. The van der Waals surface area contributed by atoms with E-state index in [-0.39, 0.29) is 29.9 Å². The van der Waals surface area contributed by atoms with Crippen LogP contribution in [0.15, 0.2) is 54.1 Å². The van der Waals surface area contributed by atoms with Crippen LogP contribution in [-0.2, 0) is 20.7 Å². The monoisotopic (exact) mass is 412 g/mol. The van der Waals surface area contributed by atoms with E-state index in [1.807, 2.05) is 38.1 Å². The minimum absolute atomic E-state index is 0.0477. The third kappa shape index (κ3) is 9.08. The number of benzene rings is 1. The molecule has 1 aliphatic carbocycles. The fourth-order valence-electron chi connectivity index (χ4n) is 3.77. The Balaban J connectivity index is 1.66. The third-order valence-corrected chi connectivity index (χ3v) is 5.43. The molecule has 0 heterocycles. The highest BCUT2D eigenvalue weighted by molar-refractivity contribution is 5.88. The highest BCUT2D eigenvalue weighted by atomic mass is 16.5. The summed E-state index contributed by atoms with van der Waals surface area (Å²) in [5.41, 5.74) is 2.41. The maximum Gasteiger partial charge on any atom is 0.306 e. The summed E-state index contributed by atoms with van der Waals surface area (Å²) in [5, 5.41) is 10.3. The first-order valence-corrected chi connectivity index (χ1v) is 11.2. The Labute approximate surface area is 181 Å². The summed E-state index contributed by atoms with van der Waals surface area (Å²) < 4.78 is 5.12. The molecule has 4 nitrogen and oxygen atoms in total. The van der Waals surface area contributed by atoms with E-state index >= 15 is 0 Å². The van der Waals surface area contributed by atoms with Crippen molar-refractivity contribution in [2.75, 3.05) is 0 Å². The number of aliphatic hydroxyl groups excluding tert-OH is 1. The maximum absolute atomic E-state index is 12.2. The average molecular weight is 413 g/mol. The van der Waals surface area contributed by atoms with Crippen molar-refractivity contribution in [2.45, 2.75) is 83.8 Å². The molecule has 4 heteroatoms. The van der Waals surface area contributed by atoms with Crippen molar-refractivity contribution in [2.24, 2.45) is 5.92 Å². The van der Waals surface area contributed by atoms with Crippen LogP contribution in [0.5, 0.6) is 0 Å². The van der Waals surface area contributed by atoms with Gasteiger partial charge in [-0.15, -0.1) is 0 Å². The van der Waals surface area contributed by atoms with E-state index in [1.165, 1.54) is 11.1 Å². The summed E-state index contributed by atoms with van der Waals surface area (Å²) in [6.07, 6.45) is 12.1. The standard InChI is InChI=1S/C26H36O4/c1-20(2)30-26(29)13-9-4-3-8-12-24-22(16-19-25(24)28)15-18-23(27)17-14-21-10-6-5-7-11-21/h3,5-8,10-11,16,20,23-24,27H,4,9,12-15,17-19H2,1-2H3/b8-3-/t23-,24+/m0/s1. The zero-order valence-electron chi connectivity index (χ0n) is 18.4. The van der Waals surface area contributed by atoms with Gasteiger partial charge in [0.1, 0.15) is 5.78 Å². The minimum Gasteiger partial charge on any atom is -0.463 e. The predicted octanol–water partition coefficient (Wildman–Crippen LogP) is 5.34. The molecule has 0 bridgehead atoms. The van der Waals surface area contributed by atoms with Crippen LogP contribution in [0.3, 0.4) is 0 Å². The molecule has 0 saturated carbocycles. The molecule has 2 atom stereocenters. The third-order valence-electron chi connectivity index (χ3n) is 5.43. The molecule has 0 fully saturated rings. The molecule has 1 aliphatic rings. The van der Waals surface area contributed by atoms with E-state index < -0.39 is 0 Å². The Hall–Kier alpha value is -2.20. The van der Waals surface area contributed by atoms with E-state index in [2.05, 4.69) is 24.3 Å². The van der Waals surface area contributed by atoms with Gasteiger partial charge in [-0.25, -0.2) is 0 Å². The number of Topliss-reactive ketones (excluding diaryl/α,β-unsaturated/α-hetero) is 1. The zero-order valence-corrected chi connectivity index (χ0v) is 18.4. The molecule has 0 unspecified atom stereocenters. The summed E-state index contributed by atoms with van der Waals surface area (Å²) in [7, 11) is 0. The van der Waals surface area contributed by atoms with E-state index in [0.29, 0.717) is 25.7 Å². The van der Waals surface area contributed by atoms with Crippen LogP contribution < -0.4 is 0 Å². The van der Waals surface area contributed by atoms with Gasteiger partial charge in [0.2, 0.25) is 0 Å². The number of carbonyl (C=O) groups is 2. The number of aryl methyl sites for hydroxylation is 1. The fourth-order valence-corrected chi connectivity index (χ4v) is 3.77. The number of aliphatic hydroxyl groups is 1. The number of allylic oxidation sites excluding steroid dienone is 4. The smallest absolute Gasteiger partial charge is 0.306 e. The number of hydrogen-bond acceptors (Lipinski definition) is 4. The molecule has 0 aromatic heterocycles. The van der Waals surface area contributed by atoms with E-state index in [1.54, 1.807) is 0 Å². The zero-order chi connectivity index (χ0) is 21.8. The van der Waals surface area contributed by atoms with Crippen molar-refractivity contribution in [1.82, 2.24) is 0 Å². The molecule has 0 saturated heterocycles. The van der Waals surface area contributed by atoms with Gasteiger partial charge >= 0.3 is 5.97 Å². The molecule has 0 aliphatic heterocycles. The second-order valence-electron chi connectivity index (χ2n) is 8.36. The summed E-state index contributed by atoms with van der Waals surface area (Å²) in [4.78, 5) is 23.8. The van der Waals surface area contributed by atoms with Crippen LogP contribution in [-0.4, -0.2) is 29.1 Å². The second-order valence-corrected chi connectivity index (χ2v) is 8.36. The number of unbranched alkanes of at least 4 members (excludes halogenated alkanes) is 1. The lowest BCUT2D eigenvalue weighted by atomic mass is 9.91. The van der Waals surface area contributed by atoms with Crippen LogP contribution in [0.4, 0.5) is 0 Å². The number of esters is 1. The van der Waals surface area contributed by atoms with Gasteiger partial charge < -0.3 is 9.84 Å². The van der Waals surface area contributed by atoms with Crippen molar-refractivity contribution in [3.63, 3.8) is 0 Å². The number of rotatable bonds is 13. The molecule has 1 aromatic carbocycles. The predicted molar refractivity (Wildman–Crippen MR) is 120 cm³/mol. The maximum atomic E-state index is 12.2. The first-order valence-electron chi connectivity index (χ1n) is 11.2. The lowest BCUT2D eigenvalue weighted by molar-refractivity contribution is -0.147. The Morgan fingerprint density at radius 3 is 2.63 bits per heavy atom. The minimum atomic E-state index is -0.344. The second kappa shape index (κ2) is 13.2. The van der Waals surface area contributed by atoms with Crippen LogP contribution in [0, 0.1) is 5.92 Å². The SMILES string of the molecule is CC(C)OC(=O)CCC/C=C\C[C@H]1C(=O)CC=C1CC[C@@H](O)CCc1ccccc1. The lowest BCUT2D eigenvalue weighted by Gasteiger charge is -2.15. The number of carbonyl (C=O) groups excluding carboxylic acids is 2.